The van der Waals surface area contributed by atoms with Crippen molar-refractivity contribution in [2.75, 3.05) is 4.67 Å². The molecular weight excluding hydrogens is 287 g/mol. The van der Waals surface area contributed by atoms with Gasteiger partial charge in [0.1, 0.15) is 0 Å². The number of hydrogen-bond donors (Lipinski definition) is 0. The van der Waals surface area contributed by atoms with Crippen molar-refractivity contribution in [3.8, 4) is 0 Å². The van der Waals surface area contributed by atoms with Crippen molar-refractivity contribution in [1.82, 2.24) is 0 Å². The lowest BCUT2D eigenvalue weighted by Crippen LogP contribution is -2.23. The number of benzene rings is 2. The highest BCUT2D eigenvalue weighted by Crippen LogP contribution is 2.50. The highest BCUT2D eigenvalue weighted by molar-refractivity contribution is 7.61. The van der Waals surface area contributed by atoms with Crippen LogP contribution in [-0.4, -0.2) is 17.7 Å². The Balaban J connectivity index is 2.35. The summed E-state index contributed by atoms with van der Waals surface area (Å²) in [7, 11) is -0.331. The molecule has 0 amide bonds. The number of hydrogen-bond acceptors (Lipinski definition) is 1. The molecule has 0 atom stereocenters. The van der Waals surface area contributed by atoms with Gasteiger partial charge in [0.05, 0.1) is 12.0 Å². The molecule has 0 bridgehead atoms. The highest BCUT2D eigenvalue weighted by atomic mass is 31.1. The predicted molar refractivity (Wildman–Crippen MR) is 101 cm³/mol. The summed E-state index contributed by atoms with van der Waals surface area (Å²) in [5.74, 6) is 0. The molecular formula is C19H25N2P. The average Bonchev–Trinajstić information content (AvgIpc) is 2.52. The second kappa shape index (κ2) is 8.10. The summed E-state index contributed by atoms with van der Waals surface area (Å²) in [6.07, 6.45) is 2.01. The topological polar surface area (TPSA) is 15.6 Å². The summed E-state index contributed by atoms with van der Waals surface area (Å²) >= 11 is 0. The van der Waals surface area contributed by atoms with Gasteiger partial charge in [-0.2, -0.15) is 0 Å². The Hall–Kier alpha value is -1.66. The van der Waals surface area contributed by atoms with Gasteiger partial charge < -0.3 is 4.67 Å². The van der Waals surface area contributed by atoms with Crippen LogP contribution in [0.2, 0.25) is 0 Å². The lowest BCUT2D eigenvalue weighted by atomic mass is 10.3. The van der Waals surface area contributed by atoms with Crippen molar-refractivity contribution < 1.29 is 0 Å². The van der Waals surface area contributed by atoms with E-state index < -0.39 is 0 Å². The molecule has 0 aliphatic rings. The number of nitrogens with zero attached hydrogens (tertiary/aromatic N) is 2. The van der Waals surface area contributed by atoms with Gasteiger partial charge in [-0.15, -0.1) is 0 Å². The normalized spacial score (nSPS) is 11.8. The van der Waals surface area contributed by atoms with Crippen molar-refractivity contribution in [1.29, 1.82) is 0 Å². The highest BCUT2D eigenvalue weighted by Gasteiger charge is 2.24. The van der Waals surface area contributed by atoms with Crippen LogP contribution < -0.4 is 4.67 Å². The number of rotatable bonds is 6. The van der Waals surface area contributed by atoms with Crippen LogP contribution in [0.4, 0.5) is 11.4 Å². The minimum atomic E-state index is -0.331. The zero-order valence-electron chi connectivity index (χ0n) is 13.8. The van der Waals surface area contributed by atoms with E-state index in [0.717, 1.165) is 5.69 Å². The lowest BCUT2D eigenvalue weighted by molar-refractivity contribution is 1.00. The zero-order chi connectivity index (χ0) is 15.9. The first kappa shape index (κ1) is 16.7. The Labute approximate surface area is 135 Å². The Morgan fingerprint density at radius 2 is 1.32 bits per heavy atom. The molecule has 2 nitrogen and oxygen atoms in total. The summed E-state index contributed by atoms with van der Waals surface area (Å²) < 4.78 is 2.37. The van der Waals surface area contributed by atoms with Gasteiger partial charge >= 0.3 is 0 Å². The average molecular weight is 312 g/mol. The fraction of sp³-hybridized carbons (Fsp3) is 0.316. The van der Waals surface area contributed by atoms with Gasteiger partial charge in [-0.05, 0) is 35.6 Å². The third-order valence-corrected chi connectivity index (χ3v) is 6.35. The van der Waals surface area contributed by atoms with Gasteiger partial charge in [-0.3, -0.25) is 0 Å². The quantitative estimate of drug-likeness (QED) is 0.359. The molecule has 0 aromatic heterocycles. The van der Waals surface area contributed by atoms with Gasteiger partial charge in [-0.1, -0.05) is 64.1 Å². The van der Waals surface area contributed by atoms with Crippen LogP contribution in [-0.2, 0) is 0 Å². The Bertz CT molecular complexity index is 571. The predicted octanol–water partition coefficient (Wildman–Crippen LogP) is 6.07. The molecule has 116 valence electrons. The van der Waals surface area contributed by atoms with Crippen LogP contribution in [0.1, 0.15) is 27.7 Å². The first-order valence-electron chi connectivity index (χ1n) is 7.81. The van der Waals surface area contributed by atoms with E-state index in [1.54, 1.807) is 0 Å². The molecule has 0 heterocycles. The minimum Gasteiger partial charge on any atom is -0.310 e. The van der Waals surface area contributed by atoms with Crippen molar-refractivity contribution >= 4 is 25.8 Å². The molecule has 0 aliphatic heterocycles. The van der Waals surface area contributed by atoms with Crippen LogP contribution in [0.5, 0.6) is 0 Å². The first-order valence-corrected chi connectivity index (χ1v) is 9.24. The van der Waals surface area contributed by atoms with E-state index in [2.05, 4.69) is 67.7 Å². The number of aliphatic imine (C=N–C) groups is 1. The molecule has 0 radical (unpaired) electrons. The molecule has 22 heavy (non-hydrogen) atoms. The summed E-state index contributed by atoms with van der Waals surface area (Å²) in [6, 6.07) is 20.7. The van der Waals surface area contributed by atoms with E-state index in [4.69, 9.17) is 0 Å². The van der Waals surface area contributed by atoms with Crippen LogP contribution in [0.15, 0.2) is 65.7 Å². The molecule has 2 aromatic carbocycles. The maximum Gasteiger partial charge on any atom is 0.0990 e. The van der Waals surface area contributed by atoms with Gasteiger partial charge in [0, 0.05) is 13.8 Å². The van der Waals surface area contributed by atoms with Crippen LogP contribution in [0.3, 0.4) is 0 Å². The molecule has 0 spiro atoms. The molecule has 3 heteroatoms. The minimum absolute atomic E-state index is 0.331. The fourth-order valence-electron chi connectivity index (χ4n) is 2.57. The van der Waals surface area contributed by atoms with E-state index in [-0.39, 0.29) is 8.07 Å². The van der Waals surface area contributed by atoms with Gasteiger partial charge in [0.25, 0.3) is 0 Å². The lowest BCUT2D eigenvalue weighted by Gasteiger charge is -2.36. The van der Waals surface area contributed by atoms with Gasteiger partial charge in [0.15, 0.2) is 0 Å². The zero-order valence-corrected chi connectivity index (χ0v) is 14.7. The second-order valence-corrected chi connectivity index (χ2v) is 9.08. The summed E-state index contributed by atoms with van der Waals surface area (Å²) in [5, 5.41) is 0. The summed E-state index contributed by atoms with van der Waals surface area (Å²) in [6.45, 7) is 9.21. The van der Waals surface area contributed by atoms with E-state index in [9.17, 15) is 0 Å². The summed E-state index contributed by atoms with van der Waals surface area (Å²) in [5.41, 5.74) is 3.43. The summed E-state index contributed by atoms with van der Waals surface area (Å²) in [4.78, 5) is 4.69. The number of para-hydroxylation sites is 2. The molecule has 0 saturated carbocycles. The van der Waals surface area contributed by atoms with E-state index >= 15 is 0 Å². The third-order valence-electron chi connectivity index (χ3n) is 3.40. The third kappa shape index (κ3) is 4.42. The Morgan fingerprint density at radius 1 is 0.818 bits per heavy atom. The van der Waals surface area contributed by atoms with E-state index in [1.165, 1.54) is 5.69 Å². The molecule has 0 saturated heterocycles. The van der Waals surface area contributed by atoms with Crippen LogP contribution >= 0.6 is 8.07 Å². The van der Waals surface area contributed by atoms with E-state index in [0.29, 0.717) is 11.3 Å². The molecule has 0 unspecified atom stereocenters. The Kier molecular flexibility index (Phi) is 6.15. The smallest absolute Gasteiger partial charge is 0.0990 e. The molecule has 0 aliphatic carbocycles. The van der Waals surface area contributed by atoms with Crippen LogP contribution in [0, 0.1) is 0 Å². The maximum absolute atomic E-state index is 4.69. The first-order chi connectivity index (χ1) is 10.6. The fourth-order valence-corrected chi connectivity index (χ4v) is 5.33. The molecule has 0 N–H and O–H groups in total. The SMILES string of the molecule is CC(C)P(C(C)C)N(/C=N/c1ccccc1)c1ccccc1. The molecule has 0 fully saturated rings. The standard InChI is InChI=1S/C19H25N2P/c1-16(2)22(17(3)4)21(19-13-9-6-10-14-19)15-20-18-11-7-5-8-12-18/h5-17H,1-4H3/b20-15+. The molecule has 2 rings (SSSR count). The Morgan fingerprint density at radius 3 is 1.82 bits per heavy atom. The maximum atomic E-state index is 4.69. The van der Waals surface area contributed by atoms with Gasteiger partial charge in [0.2, 0.25) is 0 Å². The van der Waals surface area contributed by atoms with Crippen molar-refractivity contribution in [3.05, 3.63) is 60.7 Å². The van der Waals surface area contributed by atoms with Crippen molar-refractivity contribution in [2.24, 2.45) is 4.99 Å². The molecule has 2 aromatic rings. The van der Waals surface area contributed by atoms with Gasteiger partial charge in [-0.25, -0.2) is 4.99 Å². The van der Waals surface area contributed by atoms with Crippen molar-refractivity contribution in [3.63, 3.8) is 0 Å². The van der Waals surface area contributed by atoms with Crippen LogP contribution in [0.25, 0.3) is 0 Å². The van der Waals surface area contributed by atoms with E-state index in [1.807, 2.05) is 36.7 Å². The largest absolute Gasteiger partial charge is 0.310 e. The monoisotopic (exact) mass is 312 g/mol. The van der Waals surface area contributed by atoms with Crippen molar-refractivity contribution in [2.45, 2.75) is 39.0 Å². The second-order valence-electron chi connectivity index (χ2n) is 5.83. The number of anilines is 1.